The number of halogens is 2. The number of carbonyl (C=O) groups excluding carboxylic acids is 2. The number of carbonyl (C=O) groups is 2. The Kier molecular flexibility index (Phi) is 7.45. The smallest absolute Gasteiger partial charge is 0.265 e. The largest absolute Gasteiger partial charge is 0.494 e. The summed E-state index contributed by atoms with van der Waals surface area (Å²) in [6, 6.07) is 6.62. The zero-order valence-electron chi connectivity index (χ0n) is 12.2. The van der Waals surface area contributed by atoms with Crippen LogP contribution in [0.2, 0.25) is 0 Å². The van der Waals surface area contributed by atoms with Crippen molar-refractivity contribution in [2.75, 3.05) is 13.2 Å². The predicted molar refractivity (Wildman–Crippen MR) is 76.2 cm³/mol. The lowest BCUT2D eigenvalue weighted by molar-refractivity contribution is -0.122. The Morgan fingerprint density at radius 3 is 2.45 bits per heavy atom. The number of Topliss-reactive ketones (excluding diaryl/α,β-unsaturated/α-hetero) is 1. The quantitative estimate of drug-likeness (QED) is 0.538. The first-order valence-corrected chi connectivity index (χ1v) is 6.87. The molecule has 0 aliphatic heterocycles. The molecule has 0 aromatic heterocycles. The van der Waals surface area contributed by atoms with Crippen molar-refractivity contribution in [2.45, 2.75) is 32.3 Å². The van der Waals surface area contributed by atoms with Crippen molar-refractivity contribution in [2.24, 2.45) is 0 Å². The topological polar surface area (TPSA) is 75.6 Å². The molecule has 1 rings (SSSR count). The highest BCUT2D eigenvalue weighted by Crippen LogP contribution is 2.13. The van der Waals surface area contributed by atoms with Gasteiger partial charge in [0.15, 0.2) is 5.78 Å². The molecule has 0 bridgehead atoms. The molecule has 0 unspecified atom stereocenters. The van der Waals surface area contributed by atoms with Gasteiger partial charge in [0.1, 0.15) is 11.9 Å². The monoisotopic (exact) mass is 315 g/mol. The summed E-state index contributed by atoms with van der Waals surface area (Å²) in [6.45, 7) is 1.29. The van der Waals surface area contributed by atoms with Crippen LogP contribution in [0, 0.1) is 0 Å². The van der Waals surface area contributed by atoms with E-state index in [0.717, 1.165) is 0 Å². The minimum atomic E-state index is -2.87. The third-order valence-corrected chi connectivity index (χ3v) is 2.88. The van der Waals surface area contributed by atoms with Crippen LogP contribution >= 0.6 is 0 Å². The number of amides is 1. The normalized spacial score (nSPS) is 12.0. The number of rotatable bonds is 9. The molecule has 0 fully saturated rings. The number of nitrogens with one attached hydrogen (secondary N) is 1. The molecule has 5 nitrogen and oxygen atoms in total. The second-order valence-electron chi connectivity index (χ2n) is 4.74. The maximum Gasteiger partial charge on any atom is 0.265 e. The molecule has 1 aromatic carbocycles. The van der Waals surface area contributed by atoms with E-state index in [-0.39, 0.29) is 18.8 Å². The van der Waals surface area contributed by atoms with Crippen LogP contribution < -0.4 is 10.1 Å². The number of aliphatic hydroxyl groups is 1. The molecule has 122 valence electrons. The van der Waals surface area contributed by atoms with Gasteiger partial charge in [-0.05, 0) is 37.6 Å². The minimum Gasteiger partial charge on any atom is -0.494 e. The lowest BCUT2D eigenvalue weighted by atomic mass is 10.1. The Bertz CT molecular complexity index is 491. The molecule has 0 radical (unpaired) electrons. The van der Waals surface area contributed by atoms with E-state index in [1.807, 2.05) is 0 Å². The summed E-state index contributed by atoms with van der Waals surface area (Å²) in [6.07, 6.45) is -4.20. The van der Waals surface area contributed by atoms with Gasteiger partial charge in [-0.1, -0.05) is 0 Å². The number of aliphatic hydroxyl groups excluding tert-OH is 1. The minimum absolute atomic E-state index is 0.0331. The second kappa shape index (κ2) is 9.09. The molecule has 2 N–H and O–H groups in total. The fourth-order valence-corrected chi connectivity index (χ4v) is 1.60. The van der Waals surface area contributed by atoms with Crippen LogP contribution in [0.5, 0.6) is 5.75 Å². The number of benzene rings is 1. The van der Waals surface area contributed by atoms with Crippen molar-refractivity contribution in [3.63, 3.8) is 0 Å². The zero-order chi connectivity index (χ0) is 16.5. The average Bonchev–Trinajstić information content (AvgIpc) is 2.49. The Morgan fingerprint density at radius 1 is 1.27 bits per heavy atom. The van der Waals surface area contributed by atoms with Gasteiger partial charge in [0.25, 0.3) is 6.43 Å². The summed E-state index contributed by atoms with van der Waals surface area (Å²) in [5.41, 5.74) is 0.587. The molecule has 0 saturated heterocycles. The van der Waals surface area contributed by atoms with E-state index in [2.05, 4.69) is 5.32 Å². The molecule has 0 heterocycles. The summed E-state index contributed by atoms with van der Waals surface area (Å²) in [7, 11) is 0. The molecule has 22 heavy (non-hydrogen) atoms. The average molecular weight is 315 g/mol. The maximum atomic E-state index is 12.0. The van der Waals surface area contributed by atoms with E-state index in [1.54, 1.807) is 24.3 Å². The fraction of sp³-hybridized carbons (Fsp3) is 0.467. The van der Waals surface area contributed by atoms with Crippen molar-refractivity contribution < 1.29 is 28.2 Å². The standard InChI is InChI=1S/C15H19F2NO4/c1-10(19)11-4-6-12(7-5-11)22-8-2-3-14(21)18-9-13(20)15(16)17/h4-7,13,15,20H,2-3,8-9H2,1H3,(H,18,21)/t13-/m1/s1. The molecule has 1 amide bonds. The van der Waals surface area contributed by atoms with E-state index < -0.39 is 25.0 Å². The van der Waals surface area contributed by atoms with Gasteiger partial charge in [-0.25, -0.2) is 8.78 Å². The molecule has 1 atom stereocenters. The van der Waals surface area contributed by atoms with Crippen LogP contribution in [0.3, 0.4) is 0 Å². The maximum absolute atomic E-state index is 12.0. The number of alkyl halides is 2. The van der Waals surface area contributed by atoms with Crippen molar-refractivity contribution >= 4 is 11.7 Å². The first-order valence-electron chi connectivity index (χ1n) is 6.87. The fourth-order valence-electron chi connectivity index (χ4n) is 1.60. The van der Waals surface area contributed by atoms with Gasteiger partial charge >= 0.3 is 0 Å². The van der Waals surface area contributed by atoms with Gasteiger partial charge in [0, 0.05) is 18.5 Å². The highest BCUT2D eigenvalue weighted by Gasteiger charge is 2.17. The highest BCUT2D eigenvalue weighted by atomic mass is 19.3. The van der Waals surface area contributed by atoms with E-state index in [1.165, 1.54) is 6.92 Å². The van der Waals surface area contributed by atoms with Gasteiger partial charge in [-0.2, -0.15) is 0 Å². The molecule has 0 spiro atoms. The molecule has 7 heteroatoms. The van der Waals surface area contributed by atoms with Gasteiger partial charge in [-0.3, -0.25) is 9.59 Å². The van der Waals surface area contributed by atoms with Crippen molar-refractivity contribution in [1.82, 2.24) is 5.32 Å². The number of hydrogen-bond acceptors (Lipinski definition) is 4. The number of ketones is 1. The van der Waals surface area contributed by atoms with Crippen LogP contribution in [0.1, 0.15) is 30.1 Å². The van der Waals surface area contributed by atoms with Crippen LogP contribution in [0.25, 0.3) is 0 Å². The molecule has 0 aliphatic carbocycles. The first kappa shape index (κ1) is 18.0. The Hall–Kier alpha value is -2.02. The SMILES string of the molecule is CC(=O)c1ccc(OCCCC(=O)NC[C@@H](O)C(F)F)cc1. The number of ether oxygens (including phenoxy) is 1. The van der Waals surface area contributed by atoms with Crippen LogP contribution in [0.15, 0.2) is 24.3 Å². The lowest BCUT2D eigenvalue weighted by Gasteiger charge is -2.11. The van der Waals surface area contributed by atoms with E-state index >= 15 is 0 Å². The van der Waals surface area contributed by atoms with Crippen LogP contribution in [-0.4, -0.2) is 42.5 Å². The van der Waals surface area contributed by atoms with Crippen LogP contribution in [-0.2, 0) is 4.79 Å². The van der Waals surface area contributed by atoms with Crippen molar-refractivity contribution in [3.8, 4) is 5.75 Å². The second-order valence-corrected chi connectivity index (χ2v) is 4.74. The molecular weight excluding hydrogens is 296 g/mol. The predicted octanol–water partition coefficient (Wildman–Crippen LogP) is 1.79. The summed E-state index contributed by atoms with van der Waals surface area (Å²) >= 11 is 0. The zero-order valence-corrected chi connectivity index (χ0v) is 12.2. The van der Waals surface area contributed by atoms with E-state index in [4.69, 9.17) is 9.84 Å². The van der Waals surface area contributed by atoms with Crippen molar-refractivity contribution in [3.05, 3.63) is 29.8 Å². The first-order chi connectivity index (χ1) is 10.4. The van der Waals surface area contributed by atoms with Gasteiger partial charge in [-0.15, -0.1) is 0 Å². The Morgan fingerprint density at radius 2 is 1.91 bits per heavy atom. The molecule has 0 saturated carbocycles. The van der Waals surface area contributed by atoms with Crippen LogP contribution in [0.4, 0.5) is 8.78 Å². The number of hydrogen-bond donors (Lipinski definition) is 2. The Balaban J connectivity index is 2.19. The summed E-state index contributed by atoms with van der Waals surface area (Å²) in [4.78, 5) is 22.4. The molecule has 1 aromatic rings. The Labute approximate surface area is 127 Å². The highest BCUT2D eigenvalue weighted by molar-refractivity contribution is 5.94. The molecule has 0 aliphatic rings. The third kappa shape index (κ3) is 6.62. The summed E-state index contributed by atoms with van der Waals surface area (Å²) < 4.78 is 29.4. The van der Waals surface area contributed by atoms with E-state index in [9.17, 15) is 18.4 Å². The molecular formula is C15H19F2NO4. The van der Waals surface area contributed by atoms with Gasteiger partial charge in [0.05, 0.1) is 6.61 Å². The van der Waals surface area contributed by atoms with E-state index in [0.29, 0.717) is 17.7 Å². The van der Waals surface area contributed by atoms with Gasteiger partial charge in [0.2, 0.25) is 5.91 Å². The van der Waals surface area contributed by atoms with Crippen molar-refractivity contribution in [1.29, 1.82) is 0 Å². The lowest BCUT2D eigenvalue weighted by Crippen LogP contribution is -2.35. The van der Waals surface area contributed by atoms with Gasteiger partial charge < -0.3 is 15.2 Å². The summed E-state index contributed by atoms with van der Waals surface area (Å²) in [5, 5.41) is 11.1. The summed E-state index contributed by atoms with van der Waals surface area (Å²) in [5.74, 6) is 0.128. The third-order valence-electron chi connectivity index (χ3n) is 2.88.